The number of hydrogen-bond acceptors (Lipinski definition) is 5. The molecule has 7 nitrogen and oxygen atoms in total. The van der Waals surface area contributed by atoms with Gasteiger partial charge in [0.1, 0.15) is 5.82 Å². The SMILES string of the molecule is Cc1cc([C@@H](C)Nc2cccnc2C(=O)O)c2nc3n(c(=O)c2c1)CC[C@@]31CCC(F)(F)C1. The Morgan fingerprint density at radius 1 is 1.27 bits per heavy atom. The Kier molecular flexibility index (Phi) is 4.77. The van der Waals surface area contributed by atoms with Gasteiger partial charge >= 0.3 is 5.97 Å². The van der Waals surface area contributed by atoms with E-state index in [2.05, 4.69) is 10.3 Å². The van der Waals surface area contributed by atoms with E-state index >= 15 is 0 Å². The molecule has 1 aromatic carbocycles. The molecule has 9 heteroatoms. The fourth-order valence-corrected chi connectivity index (χ4v) is 5.38. The van der Waals surface area contributed by atoms with E-state index in [4.69, 9.17) is 4.98 Å². The van der Waals surface area contributed by atoms with Crippen molar-refractivity contribution in [3.8, 4) is 0 Å². The van der Waals surface area contributed by atoms with E-state index in [0.717, 1.165) is 5.56 Å². The van der Waals surface area contributed by atoms with Gasteiger partial charge in [-0.15, -0.1) is 0 Å². The summed E-state index contributed by atoms with van der Waals surface area (Å²) in [6.45, 7) is 4.11. The topological polar surface area (TPSA) is 97.1 Å². The maximum Gasteiger partial charge on any atom is 0.356 e. The number of rotatable bonds is 4. The number of aromatic carboxylic acids is 1. The fraction of sp³-hybridized carbons (Fsp3) is 0.417. The van der Waals surface area contributed by atoms with Crippen molar-refractivity contribution in [1.29, 1.82) is 0 Å². The molecule has 2 aliphatic rings. The number of aromatic nitrogens is 3. The van der Waals surface area contributed by atoms with Crippen LogP contribution in [0.15, 0.2) is 35.3 Å². The number of nitrogens with one attached hydrogen (secondary N) is 1. The highest BCUT2D eigenvalue weighted by molar-refractivity contribution is 5.92. The van der Waals surface area contributed by atoms with E-state index in [9.17, 15) is 23.5 Å². The first-order chi connectivity index (χ1) is 15.6. The Morgan fingerprint density at radius 2 is 2.06 bits per heavy atom. The largest absolute Gasteiger partial charge is 0.476 e. The van der Waals surface area contributed by atoms with Crippen molar-refractivity contribution in [2.75, 3.05) is 5.32 Å². The van der Waals surface area contributed by atoms with Crippen LogP contribution in [0.2, 0.25) is 0 Å². The third kappa shape index (κ3) is 3.46. The number of pyridine rings is 1. The normalized spacial score (nSPS) is 21.9. The summed E-state index contributed by atoms with van der Waals surface area (Å²) < 4.78 is 29.9. The molecule has 33 heavy (non-hydrogen) atoms. The smallest absolute Gasteiger partial charge is 0.356 e. The molecule has 1 aliphatic heterocycles. The van der Waals surface area contributed by atoms with Crippen LogP contribution in [0.4, 0.5) is 14.5 Å². The summed E-state index contributed by atoms with van der Waals surface area (Å²) in [5.74, 6) is -3.46. The monoisotopic (exact) mass is 454 g/mol. The molecule has 2 atom stereocenters. The molecule has 2 aromatic heterocycles. The number of anilines is 1. The van der Waals surface area contributed by atoms with Gasteiger partial charge in [0.15, 0.2) is 5.69 Å². The summed E-state index contributed by atoms with van der Waals surface area (Å²) >= 11 is 0. The molecule has 0 radical (unpaired) electrons. The quantitative estimate of drug-likeness (QED) is 0.605. The Hall–Kier alpha value is -3.36. The van der Waals surface area contributed by atoms with Crippen LogP contribution < -0.4 is 10.9 Å². The van der Waals surface area contributed by atoms with Crippen LogP contribution in [0.5, 0.6) is 0 Å². The Balaban J connectivity index is 1.64. The maximum absolute atomic E-state index is 14.2. The molecule has 2 N–H and O–H groups in total. The van der Waals surface area contributed by atoms with Gasteiger partial charge in [0.25, 0.3) is 5.56 Å². The van der Waals surface area contributed by atoms with Crippen molar-refractivity contribution >= 4 is 22.6 Å². The fourth-order valence-electron chi connectivity index (χ4n) is 5.38. The number of aryl methyl sites for hydroxylation is 1. The zero-order chi connectivity index (χ0) is 23.5. The van der Waals surface area contributed by atoms with Crippen molar-refractivity contribution in [1.82, 2.24) is 14.5 Å². The standard InChI is InChI=1S/C24H24F2N4O3/c1-13-10-15(14(2)28-17-4-3-8-27-19(17)21(32)33)18-16(11-13)20(31)30-9-7-23(22(30)29-18)5-6-24(25,26)12-23/h3-4,8,10-11,14,28H,5-7,9,12H2,1-2H3,(H,32,33)/t14-,23-/m1/s1. The second-order valence-electron chi connectivity index (χ2n) is 9.28. The third-order valence-electron chi connectivity index (χ3n) is 6.94. The summed E-state index contributed by atoms with van der Waals surface area (Å²) in [4.78, 5) is 33.7. The summed E-state index contributed by atoms with van der Waals surface area (Å²) in [6, 6.07) is 6.52. The molecule has 172 valence electrons. The number of benzene rings is 1. The van der Waals surface area contributed by atoms with E-state index < -0.39 is 23.3 Å². The van der Waals surface area contributed by atoms with Gasteiger partial charge in [0.05, 0.1) is 22.6 Å². The highest BCUT2D eigenvalue weighted by Gasteiger charge is 2.54. The zero-order valence-electron chi connectivity index (χ0n) is 18.4. The van der Waals surface area contributed by atoms with Gasteiger partial charge in [0.2, 0.25) is 5.92 Å². The first-order valence-corrected chi connectivity index (χ1v) is 11.0. The molecule has 1 saturated carbocycles. The van der Waals surface area contributed by atoms with Crippen LogP contribution in [-0.4, -0.2) is 31.5 Å². The molecule has 3 heterocycles. The van der Waals surface area contributed by atoms with Crippen molar-refractivity contribution < 1.29 is 18.7 Å². The summed E-state index contributed by atoms with van der Waals surface area (Å²) in [7, 11) is 0. The minimum atomic E-state index is -2.75. The highest BCUT2D eigenvalue weighted by Crippen LogP contribution is 2.52. The molecule has 0 unspecified atom stereocenters. The predicted octanol–water partition coefficient (Wildman–Crippen LogP) is 4.43. The zero-order valence-corrected chi connectivity index (χ0v) is 18.4. The van der Waals surface area contributed by atoms with E-state index in [0.29, 0.717) is 47.4 Å². The average Bonchev–Trinajstić information content (AvgIpc) is 3.27. The van der Waals surface area contributed by atoms with Gasteiger partial charge in [-0.2, -0.15) is 0 Å². The number of halogens is 2. The number of hydrogen-bond donors (Lipinski definition) is 2. The highest BCUT2D eigenvalue weighted by atomic mass is 19.3. The number of carboxylic acid groups (broad SMARTS) is 1. The van der Waals surface area contributed by atoms with E-state index in [1.54, 1.807) is 22.8 Å². The van der Waals surface area contributed by atoms with Gasteiger partial charge in [-0.05, 0) is 50.5 Å². The summed E-state index contributed by atoms with van der Waals surface area (Å²) in [5, 5.41) is 13.1. The number of carboxylic acids is 1. The molecule has 0 saturated heterocycles. The molecule has 1 aliphatic carbocycles. The Morgan fingerprint density at radius 3 is 2.76 bits per heavy atom. The minimum Gasteiger partial charge on any atom is -0.476 e. The summed E-state index contributed by atoms with van der Waals surface area (Å²) in [5.41, 5.74) is 1.27. The van der Waals surface area contributed by atoms with Gasteiger partial charge in [-0.1, -0.05) is 6.07 Å². The van der Waals surface area contributed by atoms with Crippen LogP contribution in [-0.2, 0) is 12.0 Å². The molecule has 0 bridgehead atoms. The van der Waals surface area contributed by atoms with Crippen LogP contribution in [0.1, 0.15) is 66.1 Å². The van der Waals surface area contributed by atoms with Crippen molar-refractivity contribution in [2.24, 2.45) is 0 Å². The van der Waals surface area contributed by atoms with Gasteiger partial charge in [-0.25, -0.2) is 23.5 Å². The number of alkyl halides is 2. The maximum atomic E-state index is 14.2. The lowest BCUT2D eigenvalue weighted by Gasteiger charge is -2.24. The lowest BCUT2D eigenvalue weighted by molar-refractivity contribution is 0.00241. The van der Waals surface area contributed by atoms with Crippen molar-refractivity contribution in [3.63, 3.8) is 0 Å². The van der Waals surface area contributed by atoms with Crippen molar-refractivity contribution in [2.45, 2.75) is 63.5 Å². The van der Waals surface area contributed by atoms with E-state index in [1.807, 2.05) is 19.9 Å². The Bertz CT molecular complexity index is 1350. The van der Waals surface area contributed by atoms with Gasteiger partial charge in [0, 0.05) is 36.6 Å². The second kappa shape index (κ2) is 7.33. The molecular weight excluding hydrogens is 430 g/mol. The van der Waals surface area contributed by atoms with Gasteiger partial charge in [-0.3, -0.25) is 9.36 Å². The molecule has 1 spiro atoms. The first kappa shape index (κ1) is 21.5. The van der Waals surface area contributed by atoms with Crippen LogP contribution in [0.3, 0.4) is 0 Å². The third-order valence-corrected chi connectivity index (χ3v) is 6.94. The lowest BCUT2D eigenvalue weighted by atomic mass is 9.84. The summed E-state index contributed by atoms with van der Waals surface area (Å²) in [6.07, 6.45) is 1.72. The van der Waals surface area contributed by atoms with Gasteiger partial charge < -0.3 is 10.4 Å². The van der Waals surface area contributed by atoms with Crippen LogP contribution in [0.25, 0.3) is 10.9 Å². The number of carbonyl (C=O) groups is 1. The second-order valence-corrected chi connectivity index (χ2v) is 9.28. The number of fused-ring (bicyclic) bond motifs is 3. The molecular formula is C24H24F2N4O3. The Labute approximate surface area is 188 Å². The molecule has 1 fully saturated rings. The van der Waals surface area contributed by atoms with Crippen LogP contribution in [0, 0.1) is 6.92 Å². The molecule has 5 rings (SSSR count). The number of nitrogens with zero attached hydrogens (tertiary/aromatic N) is 3. The lowest BCUT2D eigenvalue weighted by Crippen LogP contribution is -2.28. The van der Waals surface area contributed by atoms with Crippen molar-refractivity contribution in [3.05, 3.63) is 63.5 Å². The van der Waals surface area contributed by atoms with E-state index in [-0.39, 0.29) is 24.1 Å². The van der Waals surface area contributed by atoms with Crippen LogP contribution >= 0.6 is 0 Å². The minimum absolute atomic E-state index is 0.109. The predicted molar refractivity (Wildman–Crippen MR) is 119 cm³/mol. The molecule has 3 aromatic rings. The first-order valence-electron chi connectivity index (χ1n) is 11.0. The molecule has 0 amide bonds. The van der Waals surface area contributed by atoms with E-state index in [1.165, 1.54) is 6.20 Å². The average molecular weight is 454 g/mol.